The number of benzene rings is 2. The Morgan fingerprint density at radius 2 is 1.67 bits per heavy atom. The number of piperazine rings is 1. The summed E-state index contributed by atoms with van der Waals surface area (Å²) in [5, 5.41) is 14.5. The number of hydrogen-bond acceptors (Lipinski definition) is 8. The molecule has 1 aliphatic rings. The number of tetrazole rings is 1. The van der Waals surface area contributed by atoms with E-state index in [0.29, 0.717) is 11.4 Å². The molecule has 12 nitrogen and oxygen atoms in total. The van der Waals surface area contributed by atoms with Gasteiger partial charge in [0.25, 0.3) is 5.92 Å². The van der Waals surface area contributed by atoms with Gasteiger partial charge in [-0.15, -0.1) is 23.4 Å². The average molecular weight is 674 g/mol. The van der Waals surface area contributed by atoms with Crippen LogP contribution in [0.3, 0.4) is 0 Å². The zero-order valence-electron chi connectivity index (χ0n) is 25.0. The van der Waals surface area contributed by atoms with Crippen molar-refractivity contribution in [2.75, 3.05) is 19.6 Å². The summed E-state index contributed by atoms with van der Waals surface area (Å²) in [5.41, 5.74) is 0.262. The van der Waals surface area contributed by atoms with Crippen LogP contribution in [-0.2, 0) is 38.6 Å². The highest BCUT2D eigenvalue weighted by atomic mass is 32.2. The zero-order valence-corrected chi connectivity index (χ0v) is 25.9. The second-order valence-corrected chi connectivity index (χ2v) is 12.7. The number of nitrogens with one attached hydrogen (secondary N) is 1. The Hall–Kier alpha value is -4.19. The number of halogens is 5. The minimum atomic E-state index is -4.98. The highest BCUT2D eigenvalue weighted by molar-refractivity contribution is 7.89. The Morgan fingerprint density at radius 1 is 1.02 bits per heavy atom. The van der Waals surface area contributed by atoms with Crippen molar-refractivity contribution in [2.24, 2.45) is 0 Å². The van der Waals surface area contributed by atoms with Crippen molar-refractivity contribution in [3.05, 3.63) is 65.5 Å². The van der Waals surface area contributed by atoms with E-state index in [9.17, 15) is 40.0 Å². The SMILES string of the molecule is CCC(F)(F)c1ccc(CNC(=O)[C@H]2CN(C(=O)Cn3nnc(C(C)C)n3)CCN2S(=O)(=O)c2ccc(OC(F)(F)F)cc2)cc1. The van der Waals surface area contributed by atoms with E-state index in [1.54, 1.807) is 0 Å². The lowest BCUT2D eigenvalue weighted by Crippen LogP contribution is -2.61. The second kappa shape index (κ2) is 13.7. The molecule has 1 aromatic heterocycles. The van der Waals surface area contributed by atoms with Gasteiger partial charge in [0.2, 0.25) is 21.8 Å². The quantitative estimate of drug-likeness (QED) is 0.306. The number of nitrogens with zero attached hydrogens (tertiary/aromatic N) is 6. The molecule has 2 aromatic carbocycles. The molecule has 250 valence electrons. The zero-order chi connectivity index (χ0) is 33.9. The maximum absolute atomic E-state index is 14.0. The predicted molar refractivity (Wildman–Crippen MR) is 152 cm³/mol. The Balaban J connectivity index is 1.55. The van der Waals surface area contributed by atoms with Crippen molar-refractivity contribution in [2.45, 2.75) is 69.4 Å². The van der Waals surface area contributed by atoms with Gasteiger partial charge >= 0.3 is 6.36 Å². The monoisotopic (exact) mass is 673 g/mol. The van der Waals surface area contributed by atoms with Crippen LogP contribution in [0.5, 0.6) is 5.75 Å². The molecule has 4 rings (SSSR count). The van der Waals surface area contributed by atoms with Gasteiger partial charge < -0.3 is 15.0 Å². The fourth-order valence-electron chi connectivity index (χ4n) is 4.59. The summed E-state index contributed by atoms with van der Waals surface area (Å²) in [7, 11) is -4.46. The van der Waals surface area contributed by atoms with Crippen molar-refractivity contribution in [1.29, 1.82) is 0 Å². The van der Waals surface area contributed by atoms with Crippen LogP contribution in [0.1, 0.15) is 50.1 Å². The number of aromatic nitrogens is 4. The van der Waals surface area contributed by atoms with Gasteiger partial charge in [0.05, 0.1) is 4.90 Å². The highest BCUT2D eigenvalue weighted by Crippen LogP contribution is 2.31. The molecule has 2 amide bonds. The van der Waals surface area contributed by atoms with Gasteiger partial charge in [-0.3, -0.25) is 9.59 Å². The Labute approximate surface area is 261 Å². The van der Waals surface area contributed by atoms with Gasteiger partial charge in [-0.05, 0) is 35.0 Å². The van der Waals surface area contributed by atoms with Gasteiger partial charge in [-0.2, -0.15) is 9.10 Å². The lowest BCUT2D eigenvalue weighted by atomic mass is 10.0. The number of sulfonamides is 1. The van der Waals surface area contributed by atoms with E-state index in [4.69, 9.17) is 0 Å². The molecule has 1 fully saturated rings. The molecular formula is C28H32F5N7O5S. The number of carbonyl (C=O) groups is 2. The number of ether oxygens (including phenoxy) is 1. The molecule has 1 N–H and O–H groups in total. The minimum absolute atomic E-state index is 0.0425. The topological polar surface area (TPSA) is 140 Å². The molecule has 0 radical (unpaired) electrons. The molecule has 46 heavy (non-hydrogen) atoms. The fourth-order valence-corrected chi connectivity index (χ4v) is 6.17. The maximum Gasteiger partial charge on any atom is 0.573 e. The first-order valence-electron chi connectivity index (χ1n) is 14.2. The summed E-state index contributed by atoms with van der Waals surface area (Å²) in [6, 6.07) is 7.33. The van der Waals surface area contributed by atoms with Crippen molar-refractivity contribution < 1.29 is 44.7 Å². The van der Waals surface area contributed by atoms with Gasteiger partial charge in [0.1, 0.15) is 18.3 Å². The van der Waals surface area contributed by atoms with Gasteiger partial charge in [-0.1, -0.05) is 45.0 Å². The minimum Gasteiger partial charge on any atom is -0.406 e. The number of alkyl halides is 5. The van der Waals surface area contributed by atoms with Crippen molar-refractivity contribution in [3.63, 3.8) is 0 Å². The first kappa shape index (κ1) is 34.7. The highest BCUT2D eigenvalue weighted by Gasteiger charge is 2.41. The fraction of sp³-hybridized carbons (Fsp3) is 0.464. The van der Waals surface area contributed by atoms with E-state index in [1.165, 1.54) is 36.1 Å². The van der Waals surface area contributed by atoms with Crippen LogP contribution < -0.4 is 10.1 Å². The lowest BCUT2D eigenvalue weighted by molar-refractivity contribution is -0.274. The normalized spacial score (nSPS) is 16.5. The van der Waals surface area contributed by atoms with E-state index < -0.39 is 57.2 Å². The molecule has 0 saturated carbocycles. The summed E-state index contributed by atoms with van der Waals surface area (Å²) in [6.07, 6.45) is -5.38. The molecule has 0 bridgehead atoms. The number of amides is 2. The third-order valence-electron chi connectivity index (χ3n) is 7.20. The van der Waals surface area contributed by atoms with Crippen molar-refractivity contribution in [1.82, 2.24) is 34.7 Å². The van der Waals surface area contributed by atoms with E-state index in [0.717, 1.165) is 33.4 Å². The molecule has 0 spiro atoms. The molecule has 18 heteroatoms. The van der Waals surface area contributed by atoms with Crippen LogP contribution >= 0.6 is 0 Å². The molecule has 1 saturated heterocycles. The molecular weight excluding hydrogens is 641 g/mol. The van der Waals surface area contributed by atoms with E-state index in [2.05, 4.69) is 25.5 Å². The van der Waals surface area contributed by atoms with Gasteiger partial charge in [0.15, 0.2) is 5.82 Å². The lowest BCUT2D eigenvalue weighted by Gasteiger charge is -2.39. The Morgan fingerprint density at radius 3 is 2.24 bits per heavy atom. The van der Waals surface area contributed by atoms with Crippen LogP contribution in [0.15, 0.2) is 53.4 Å². The third kappa shape index (κ3) is 8.34. The largest absolute Gasteiger partial charge is 0.573 e. The summed E-state index contributed by atoms with van der Waals surface area (Å²) < 4.78 is 97.8. The summed E-state index contributed by atoms with van der Waals surface area (Å²) >= 11 is 0. The van der Waals surface area contributed by atoms with Crippen LogP contribution in [0.25, 0.3) is 0 Å². The Bertz CT molecular complexity index is 1630. The Kier molecular flexibility index (Phi) is 10.3. The molecule has 0 aliphatic carbocycles. The molecule has 2 heterocycles. The predicted octanol–water partition coefficient (Wildman–Crippen LogP) is 3.42. The van der Waals surface area contributed by atoms with E-state index in [1.807, 2.05) is 13.8 Å². The standard InChI is InChI=1S/C28H32F5N7O5S/c1-4-27(29,30)20-7-5-19(6-8-20)15-34-26(42)23-16-38(24(41)17-40-36-25(18(2)3)35-37-40)13-14-39(23)46(43,44)22-11-9-21(10-12-22)45-28(31,32)33/h5-12,18,23H,4,13-17H2,1-3H3,(H,34,42)/t23-/m1/s1. The summed E-state index contributed by atoms with van der Waals surface area (Å²) in [6.45, 7) is 3.77. The van der Waals surface area contributed by atoms with Gasteiger partial charge in [-0.25, -0.2) is 17.2 Å². The van der Waals surface area contributed by atoms with Crippen LogP contribution in [-0.4, -0.2) is 81.7 Å². The van der Waals surface area contributed by atoms with E-state index >= 15 is 0 Å². The average Bonchev–Trinajstić information content (AvgIpc) is 3.48. The third-order valence-corrected chi connectivity index (χ3v) is 9.12. The first-order valence-corrected chi connectivity index (χ1v) is 15.6. The molecule has 0 unspecified atom stereocenters. The van der Waals surface area contributed by atoms with E-state index in [-0.39, 0.29) is 44.2 Å². The molecule has 1 aliphatic heterocycles. The number of rotatable bonds is 11. The van der Waals surface area contributed by atoms with Gasteiger partial charge in [0, 0.05) is 44.1 Å². The number of hydrogen-bond donors (Lipinski definition) is 1. The van der Waals surface area contributed by atoms with Crippen molar-refractivity contribution in [3.8, 4) is 5.75 Å². The molecule has 1 atom stereocenters. The van der Waals surface area contributed by atoms with Crippen LogP contribution in [0, 0.1) is 0 Å². The number of carbonyl (C=O) groups excluding carboxylic acids is 2. The smallest absolute Gasteiger partial charge is 0.406 e. The first-order chi connectivity index (χ1) is 21.5. The van der Waals surface area contributed by atoms with Crippen LogP contribution in [0.2, 0.25) is 0 Å². The summed E-state index contributed by atoms with van der Waals surface area (Å²) in [5.74, 6) is -4.59. The summed E-state index contributed by atoms with van der Waals surface area (Å²) in [4.78, 5) is 28.6. The second-order valence-electron chi connectivity index (χ2n) is 10.8. The van der Waals surface area contributed by atoms with Crippen molar-refractivity contribution >= 4 is 21.8 Å². The molecule has 3 aromatic rings. The maximum atomic E-state index is 14.0. The van der Waals surface area contributed by atoms with Crippen LogP contribution in [0.4, 0.5) is 22.0 Å².